The zero-order valence-corrected chi connectivity index (χ0v) is 13.3. The molecule has 0 unspecified atom stereocenters. The number of nitrogens with zero attached hydrogens (tertiary/aromatic N) is 1. The Morgan fingerprint density at radius 2 is 1.86 bits per heavy atom. The lowest BCUT2D eigenvalue weighted by atomic mass is 10.2. The van der Waals surface area contributed by atoms with Crippen LogP contribution in [0.1, 0.15) is 10.4 Å². The van der Waals surface area contributed by atoms with Crippen LogP contribution in [0.15, 0.2) is 41.6 Å². The fourth-order valence-corrected chi connectivity index (χ4v) is 3.27. The number of aromatic nitrogens is 1. The molecule has 1 N–H and O–H groups in total. The molecule has 5 nitrogen and oxygen atoms in total. The lowest BCUT2D eigenvalue weighted by Crippen LogP contribution is -2.12. The van der Waals surface area contributed by atoms with Crippen molar-refractivity contribution in [1.29, 1.82) is 0 Å². The van der Waals surface area contributed by atoms with Gasteiger partial charge in [0, 0.05) is 28.8 Å². The van der Waals surface area contributed by atoms with Crippen molar-refractivity contribution in [3.05, 3.63) is 52.3 Å². The molecule has 9 heteroatoms. The van der Waals surface area contributed by atoms with Crippen molar-refractivity contribution < 1.29 is 13.2 Å². The van der Waals surface area contributed by atoms with E-state index in [0.717, 1.165) is 0 Å². The van der Waals surface area contributed by atoms with Gasteiger partial charge in [-0.15, -0.1) is 0 Å². The second-order valence-corrected chi connectivity index (χ2v) is 7.24. The van der Waals surface area contributed by atoms with E-state index in [1.807, 2.05) is 0 Å². The molecule has 1 heterocycles. The van der Waals surface area contributed by atoms with E-state index in [0.29, 0.717) is 5.69 Å². The van der Waals surface area contributed by atoms with Gasteiger partial charge < -0.3 is 5.32 Å². The minimum atomic E-state index is -3.94. The number of nitrogens with one attached hydrogen (secondary N) is 1. The van der Waals surface area contributed by atoms with Crippen LogP contribution in [0.3, 0.4) is 0 Å². The molecule has 0 atom stereocenters. The van der Waals surface area contributed by atoms with Crippen molar-refractivity contribution in [2.75, 3.05) is 5.32 Å². The zero-order valence-electron chi connectivity index (χ0n) is 10.2. The van der Waals surface area contributed by atoms with Crippen LogP contribution in [-0.2, 0) is 9.05 Å². The van der Waals surface area contributed by atoms with Gasteiger partial charge in [-0.25, -0.2) is 8.42 Å². The Hall–Kier alpha value is -1.34. The van der Waals surface area contributed by atoms with E-state index in [2.05, 4.69) is 10.3 Å². The number of rotatable bonds is 3. The summed E-state index contributed by atoms with van der Waals surface area (Å²) >= 11 is 11.7. The predicted molar refractivity (Wildman–Crippen MR) is 81.7 cm³/mol. The molecule has 0 saturated heterocycles. The first kappa shape index (κ1) is 16.0. The molecule has 21 heavy (non-hydrogen) atoms. The first-order valence-corrected chi connectivity index (χ1v) is 8.50. The summed E-state index contributed by atoms with van der Waals surface area (Å²) in [6.45, 7) is 0. The number of benzene rings is 1. The van der Waals surface area contributed by atoms with Crippen LogP contribution < -0.4 is 5.32 Å². The van der Waals surface area contributed by atoms with Crippen molar-refractivity contribution >= 4 is 54.5 Å². The second-order valence-electron chi connectivity index (χ2n) is 3.89. The van der Waals surface area contributed by atoms with E-state index in [9.17, 15) is 13.2 Å². The van der Waals surface area contributed by atoms with Gasteiger partial charge in [0.05, 0.1) is 15.6 Å². The monoisotopic (exact) mass is 364 g/mol. The lowest BCUT2D eigenvalue weighted by molar-refractivity contribution is 0.102. The first-order chi connectivity index (χ1) is 9.79. The van der Waals surface area contributed by atoms with E-state index >= 15 is 0 Å². The Morgan fingerprint density at radius 3 is 2.43 bits per heavy atom. The number of halogens is 3. The maximum atomic E-state index is 12.0. The van der Waals surface area contributed by atoms with Gasteiger partial charge in [0.15, 0.2) is 0 Å². The molecule has 2 aromatic rings. The number of hydrogen-bond acceptors (Lipinski definition) is 4. The van der Waals surface area contributed by atoms with Gasteiger partial charge in [-0.05, 0) is 24.3 Å². The molecular weight excluding hydrogens is 359 g/mol. The highest BCUT2D eigenvalue weighted by Gasteiger charge is 2.16. The molecule has 1 aromatic carbocycles. The SMILES string of the molecule is O=C(Nc1ccc(S(=O)(=O)Cl)c(Cl)c1)c1ccncc1Cl. The van der Waals surface area contributed by atoms with Crippen LogP contribution >= 0.6 is 33.9 Å². The number of carbonyl (C=O) groups excluding carboxylic acids is 1. The predicted octanol–water partition coefficient (Wildman–Crippen LogP) is 3.57. The van der Waals surface area contributed by atoms with Gasteiger partial charge in [-0.2, -0.15) is 0 Å². The third kappa shape index (κ3) is 3.85. The smallest absolute Gasteiger partial charge is 0.262 e. The fraction of sp³-hybridized carbons (Fsp3) is 0. The highest BCUT2D eigenvalue weighted by atomic mass is 35.7. The number of pyridine rings is 1. The minimum Gasteiger partial charge on any atom is -0.322 e. The number of amides is 1. The van der Waals surface area contributed by atoms with Crippen LogP contribution in [0.5, 0.6) is 0 Å². The Labute approximate surface area is 135 Å². The molecule has 2 rings (SSSR count). The normalized spacial score (nSPS) is 11.2. The van der Waals surface area contributed by atoms with Crippen molar-refractivity contribution in [2.45, 2.75) is 4.90 Å². The standard InChI is InChI=1S/C12H7Cl3N2O3S/c13-9-5-7(1-2-11(9)21(15,19)20)17-12(18)8-3-4-16-6-10(8)14/h1-6H,(H,17,18). The highest BCUT2D eigenvalue weighted by Crippen LogP contribution is 2.28. The summed E-state index contributed by atoms with van der Waals surface area (Å²) in [6.07, 6.45) is 2.77. The molecule has 0 saturated carbocycles. The number of carbonyl (C=O) groups is 1. The summed E-state index contributed by atoms with van der Waals surface area (Å²) in [4.78, 5) is 15.6. The minimum absolute atomic E-state index is 0.0939. The van der Waals surface area contributed by atoms with Crippen LogP contribution in [-0.4, -0.2) is 19.3 Å². The molecule has 0 aliphatic rings. The van der Waals surface area contributed by atoms with Gasteiger partial charge in [0.25, 0.3) is 15.0 Å². The largest absolute Gasteiger partial charge is 0.322 e. The summed E-state index contributed by atoms with van der Waals surface area (Å²) in [7, 11) is 1.28. The molecule has 1 aromatic heterocycles. The maximum Gasteiger partial charge on any atom is 0.262 e. The molecule has 0 aliphatic heterocycles. The van der Waals surface area contributed by atoms with Crippen LogP contribution in [0.25, 0.3) is 0 Å². The molecule has 110 valence electrons. The quantitative estimate of drug-likeness (QED) is 0.844. The molecule has 0 aliphatic carbocycles. The maximum absolute atomic E-state index is 12.0. The van der Waals surface area contributed by atoms with E-state index in [-0.39, 0.29) is 20.5 Å². The number of anilines is 1. The Balaban J connectivity index is 2.27. The Morgan fingerprint density at radius 1 is 1.14 bits per heavy atom. The average Bonchev–Trinajstić information content (AvgIpc) is 2.37. The molecule has 0 fully saturated rings. The topological polar surface area (TPSA) is 76.1 Å². The van der Waals surface area contributed by atoms with Gasteiger partial charge in [0.2, 0.25) is 0 Å². The summed E-state index contributed by atoms with van der Waals surface area (Å²) in [5.41, 5.74) is 0.541. The lowest BCUT2D eigenvalue weighted by Gasteiger charge is -2.08. The van der Waals surface area contributed by atoms with E-state index < -0.39 is 15.0 Å². The van der Waals surface area contributed by atoms with Crippen molar-refractivity contribution in [1.82, 2.24) is 4.98 Å². The zero-order chi connectivity index (χ0) is 15.6. The fourth-order valence-electron chi connectivity index (χ4n) is 1.53. The van der Waals surface area contributed by atoms with Crippen LogP contribution in [0, 0.1) is 0 Å². The molecule has 1 amide bonds. The van der Waals surface area contributed by atoms with E-state index in [1.165, 1.54) is 36.7 Å². The Bertz CT molecular complexity index is 809. The van der Waals surface area contributed by atoms with E-state index in [4.69, 9.17) is 33.9 Å². The molecule has 0 bridgehead atoms. The summed E-state index contributed by atoms with van der Waals surface area (Å²) in [6, 6.07) is 5.31. The van der Waals surface area contributed by atoms with Gasteiger partial charge in [0.1, 0.15) is 4.90 Å². The van der Waals surface area contributed by atoms with Crippen LogP contribution in [0.2, 0.25) is 10.0 Å². The first-order valence-electron chi connectivity index (χ1n) is 5.44. The third-order valence-corrected chi connectivity index (χ3v) is 4.58. The van der Waals surface area contributed by atoms with Crippen LogP contribution in [0.4, 0.5) is 5.69 Å². The summed E-state index contributed by atoms with van der Waals surface area (Å²) in [5.74, 6) is -0.472. The van der Waals surface area contributed by atoms with E-state index in [1.54, 1.807) is 0 Å². The Kier molecular flexibility index (Phi) is 4.73. The summed E-state index contributed by atoms with van der Waals surface area (Å²) in [5, 5.41) is 2.65. The summed E-state index contributed by atoms with van der Waals surface area (Å²) < 4.78 is 22.4. The molecule has 0 spiro atoms. The third-order valence-electron chi connectivity index (χ3n) is 2.47. The van der Waals surface area contributed by atoms with Crippen molar-refractivity contribution in [2.24, 2.45) is 0 Å². The molecule has 0 radical (unpaired) electrons. The van der Waals surface area contributed by atoms with Gasteiger partial charge in [-0.3, -0.25) is 9.78 Å². The highest BCUT2D eigenvalue weighted by molar-refractivity contribution is 8.13. The van der Waals surface area contributed by atoms with Crippen molar-refractivity contribution in [3.63, 3.8) is 0 Å². The van der Waals surface area contributed by atoms with Crippen molar-refractivity contribution in [3.8, 4) is 0 Å². The number of hydrogen-bond donors (Lipinski definition) is 1. The average molecular weight is 366 g/mol. The second kappa shape index (κ2) is 6.19. The van der Waals surface area contributed by atoms with Gasteiger partial charge in [-0.1, -0.05) is 23.2 Å². The van der Waals surface area contributed by atoms with Gasteiger partial charge >= 0.3 is 0 Å². The molecular formula is C12H7Cl3N2O3S.